The summed E-state index contributed by atoms with van der Waals surface area (Å²) in [6, 6.07) is 6.73. The first kappa shape index (κ1) is 10.5. The van der Waals surface area contributed by atoms with Crippen LogP contribution >= 0.6 is 0 Å². The number of phenolic OH excluding ortho intramolecular Hbond substituents is 1. The standard InChI is InChI=1S/C12H12N2O2/c13-7-9-3-4-10(11(15)6-9)8-14-5-1-2-12(14)16/h3-4,6,15H,1-2,5,8H2. The van der Waals surface area contributed by atoms with E-state index in [1.165, 1.54) is 6.07 Å². The van der Waals surface area contributed by atoms with Crippen molar-refractivity contribution in [3.05, 3.63) is 29.3 Å². The molecule has 0 spiro atoms. The summed E-state index contributed by atoms with van der Waals surface area (Å²) in [5.41, 5.74) is 1.11. The van der Waals surface area contributed by atoms with Crippen LogP contribution in [0.3, 0.4) is 0 Å². The molecule has 0 aliphatic carbocycles. The van der Waals surface area contributed by atoms with Crippen molar-refractivity contribution in [3.63, 3.8) is 0 Å². The third-order valence-corrected chi connectivity index (χ3v) is 2.75. The minimum Gasteiger partial charge on any atom is -0.508 e. The average molecular weight is 216 g/mol. The number of amides is 1. The van der Waals surface area contributed by atoms with Crippen LogP contribution in [-0.2, 0) is 11.3 Å². The second-order valence-electron chi connectivity index (χ2n) is 3.87. The number of nitriles is 1. The minimum atomic E-state index is 0.0822. The highest BCUT2D eigenvalue weighted by atomic mass is 16.3. The molecule has 0 radical (unpaired) electrons. The van der Waals surface area contributed by atoms with E-state index in [0.29, 0.717) is 24.1 Å². The summed E-state index contributed by atoms with van der Waals surface area (Å²) in [6.45, 7) is 1.18. The molecule has 1 saturated heterocycles. The highest BCUT2D eigenvalue weighted by molar-refractivity contribution is 5.78. The zero-order valence-electron chi connectivity index (χ0n) is 8.81. The zero-order chi connectivity index (χ0) is 11.5. The van der Waals surface area contributed by atoms with Gasteiger partial charge in [-0.15, -0.1) is 0 Å². The highest BCUT2D eigenvalue weighted by Crippen LogP contribution is 2.22. The number of likely N-dealkylation sites (tertiary alicyclic amines) is 1. The van der Waals surface area contributed by atoms with E-state index in [1.54, 1.807) is 17.0 Å². The monoisotopic (exact) mass is 216 g/mol. The van der Waals surface area contributed by atoms with Crippen molar-refractivity contribution in [2.45, 2.75) is 19.4 Å². The van der Waals surface area contributed by atoms with Gasteiger partial charge in [-0.25, -0.2) is 0 Å². The summed E-state index contributed by atoms with van der Waals surface area (Å²) < 4.78 is 0. The molecule has 0 saturated carbocycles. The molecule has 4 nitrogen and oxygen atoms in total. The molecular weight excluding hydrogens is 204 g/mol. The number of carbonyl (C=O) groups is 1. The molecule has 1 amide bonds. The molecule has 0 atom stereocenters. The van der Waals surface area contributed by atoms with Crippen LogP contribution in [0.4, 0.5) is 0 Å². The van der Waals surface area contributed by atoms with Gasteiger partial charge in [0.05, 0.1) is 11.6 Å². The Kier molecular flexibility index (Phi) is 2.78. The van der Waals surface area contributed by atoms with E-state index < -0.39 is 0 Å². The molecule has 0 unspecified atom stereocenters. The lowest BCUT2D eigenvalue weighted by Crippen LogP contribution is -2.23. The van der Waals surface area contributed by atoms with Crippen LogP contribution in [0.15, 0.2) is 18.2 Å². The van der Waals surface area contributed by atoms with Crippen LogP contribution in [0.25, 0.3) is 0 Å². The van der Waals surface area contributed by atoms with Crippen molar-refractivity contribution in [2.75, 3.05) is 6.54 Å². The van der Waals surface area contributed by atoms with Gasteiger partial charge < -0.3 is 10.0 Å². The van der Waals surface area contributed by atoms with E-state index in [9.17, 15) is 9.90 Å². The molecule has 1 aliphatic heterocycles. The fourth-order valence-electron chi connectivity index (χ4n) is 1.84. The Morgan fingerprint density at radius 1 is 1.50 bits per heavy atom. The van der Waals surface area contributed by atoms with Crippen LogP contribution < -0.4 is 0 Å². The number of hydrogen-bond donors (Lipinski definition) is 1. The first-order valence-electron chi connectivity index (χ1n) is 5.20. The normalized spacial score (nSPS) is 15.2. The lowest BCUT2D eigenvalue weighted by molar-refractivity contribution is -0.128. The molecule has 1 aromatic carbocycles. The fraction of sp³-hybridized carbons (Fsp3) is 0.333. The number of aromatic hydroxyl groups is 1. The molecule has 0 bridgehead atoms. The molecule has 1 N–H and O–H groups in total. The van der Waals surface area contributed by atoms with E-state index in [0.717, 1.165) is 13.0 Å². The lowest BCUT2D eigenvalue weighted by Gasteiger charge is -2.16. The number of hydrogen-bond acceptors (Lipinski definition) is 3. The van der Waals surface area contributed by atoms with Crippen molar-refractivity contribution in [1.29, 1.82) is 5.26 Å². The Hall–Kier alpha value is -2.02. The number of benzene rings is 1. The van der Waals surface area contributed by atoms with Crippen molar-refractivity contribution >= 4 is 5.91 Å². The third kappa shape index (κ3) is 1.98. The Morgan fingerprint density at radius 3 is 2.88 bits per heavy atom. The van der Waals surface area contributed by atoms with Crippen LogP contribution in [0.2, 0.25) is 0 Å². The molecule has 16 heavy (non-hydrogen) atoms. The summed E-state index contributed by atoms with van der Waals surface area (Å²) in [5, 5.41) is 18.3. The zero-order valence-corrected chi connectivity index (χ0v) is 8.81. The smallest absolute Gasteiger partial charge is 0.222 e. The number of carbonyl (C=O) groups excluding carboxylic acids is 1. The lowest BCUT2D eigenvalue weighted by atomic mass is 10.1. The van der Waals surface area contributed by atoms with Crippen LogP contribution in [-0.4, -0.2) is 22.5 Å². The molecular formula is C12H12N2O2. The number of rotatable bonds is 2. The molecule has 1 aromatic rings. The summed E-state index contributed by atoms with van der Waals surface area (Å²) in [5.74, 6) is 0.211. The van der Waals surface area contributed by atoms with E-state index in [-0.39, 0.29) is 11.7 Å². The Bertz CT molecular complexity index is 463. The first-order chi connectivity index (χ1) is 7.70. The summed E-state index contributed by atoms with van der Waals surface area (Å²) >= 11 is 0. The SMILES string of the molecule is N#Cc1ccc(CN2CCCC2=O)c(O)c1. The maximum Gasteiger partial charge on any atom is 0.222 e. The van der Waals surface area contributed by atoms with E-state index >= 15 is 0 Å². The van der Waals surface area contributed by atoms with E-state index in [2.05, 4.69) is 0 Å². The minimum absolute atomic E-state index is 0.0822. The maximum absolute atomic E-state index is 11.4. The molecule has 0 aromatic heterocycles. The summed E-state index contributed by atoms with van der Waals surface area (Å²) in [4.78, 5) is 13.1. The van der Waals surface area contributed by atoms with E-state index in [1.807, 2.05) is 6.07 Å². The van der Waals surface area contributed by atoms with Gasteiger partial charge >= 0.3 is 0 Å². The van der Waals surface area contributed by atoms with Crippen molar-refractivity contribution in [2.24, 2.45) is 0 Å². The van der Waals surface area contributed by atoms with Crippen LogP contribution in [0.1, 0.15) is 24.0 Å². The maximum atomic E-state index is 11.4. The third-order valence-electron chi connectivity index (χ3n) is 2.75. The molecule has 1 heterocycles. The van der Waals surface area contributed by atoms with Gasteiger partial charge in [0.2, 0.25) is 5.91 Å². The largest absolute Gasteiger partial charge is 0.508 e. The van der Waals surface area contributed by atoms with Crippen molar-refractivity contribution in [3.8, 4) is 11.8 Å². The second-order valence-corrected chi connectivity index (χ2v) is 3.87. The van der Waals surface area contributed by atoms with Gasteiger partial charge in [-0.1, -0.05) is 6.07 Å². The van der Waals surface area contributed by atoms with Gasteiger partial charge in [0.15, 0.2) is 0 Å². The molecule has 82 valence electrons. The van der Waals surface area contributed by atoms with Crippen LogP contribution in [0, 0.1) is 11.3 Å². The molecule has 2 rings (SSSR count). The molecule has 1 aliphatic rings. The van der Waals surface area contributed by atoms with Crippen molar-refractivity contribution < 1.29 is 9.90 Å². The summed E-state index contributed by atoms with van der Waals surface area (Å²) in [6.07, 6.45) is 1.48. The van der Waals surface area contributed by atoms with Crippen molar-refractivity contribution in [1.82, 2.24) is 4.90 Å². The Balaban J connectivity index is 2.16. The highest BCUT2D eigenvalue weighted by Gasteiger charge is 2.20. The average Bonchev–Trinajstić information content (AvgIpc) is 2.67. The first-order valence-corrected chi connectivity index (χ1v) is 5.20. The topological polar surface area (TPSA) is 64.3 Å². The Morgan fingerprint density at radius 2 is 2.31 bits per heavy atom. The van der Waals surface area contributed by atoms with Gasteiger partial charge in [0, 0.05) is 25.1 Å². The van der Waals surface area contributed by atoms with E-state index in [4.69, 9.17) is 5.26 Å². The summed E-state index contributed by atoms with van der Waals surface area (Å²) in [7, 11) is 0. The van der Waals surface area contributed by atoms with Gasteiger partial charge in [0.25, 0.3) is 0 Å². The number of nitrogens with zero attached hydrogens (tertiary/aromatic N) is 2. The second kappa shape index (κ2) is 4.23. The van der Waals surface area contributed by atoms with Gasteiger partial charge in [-0.05, 0) is 18.6 Å². The predicted octanol–water partition coefficient (Wildman–Crippen LogP) is 1.39. The van der Waals surface area contributed by atoms with Crippen LogP contribution in [0.5, 0.6) is 5.75 Å². The molecule has 4 heteroatoms. The molecule has 1 fully saturated rings. The predicted molar refractivity (Wildman–Crippen MR) is 57.5 cm³/mol. The van der Waals surface area contributed by atoms with Gasteiger partial charge in [-0.2, -0.15) is 5.26 Å². The van der Waals surface area contributed by atoms with Gasteiger partial charge in [0.1, 0.15) is 5.75 Å². The fourth-order valence-corrected chi connectivity index (χ4v) is 1.84. The number of phenols is 1. The van der Waals surface area contributed by atoms with Gasteiger partial charge in [-0.3, -0.25) is 4.79 Å². The Labute approximate surface area is 93.7 Å². The quantitative estimate of drug-likeness (QED) is 0.812.